The summed E-state index contributed by atoms with van der Waals surface area (Å²) in [5.74, 6) is 1.77. The van der Waals surface area contributed by atoms with Crippen LogP contribution < -0.4 is 15.0 Å². The van der Waals surface area contributed by atoms with Crippen LogP contribution in [-0.4, -0.2) is 27.9 Å². The molecule has 0 atom stereocenters. The van der Waals surface area contributed by atoms with Gasteiger partial charge in [-0.25, -0.2) is 4.98 Å². The Hall–Kier alpha value is -4.05. The van der Waals surface area contributed by atoms with Gasteiger partial charge in [-0.15, -0.1) is 0 Å². The highest BCUT2D eigenvalue weighted by Gasteiger charge is 2.23. The average Bonchev–Trinajstić information content (AvgIpc) is 2.96. The van der Waals surface area contributed by atoms with Crippen LogP contribution in [0, 0.1) is 10.1 Å². The quantitative estimate of drug-likeness (QED) is 0.130. The van der Waals surface area contributed by atoms with Crippen molar-refractivity contribution < 1.29 is 14.4 Å². The minimum Gasteiger partial charge on any atom is -0.493 e. The summed E-state index contributed by atoms with van der Waals surface area (Å²) in [5.41, 5.74) is 1.82. The molecule has 0 aliphatic heterocycles. The van der Waals surface area contributed by atoms with Crippen LogP contribution in [-0.2, 0) is 6.61 Å². The number of nitro benzene ring substituents is 1. The van der Waals surface area contributed by atoms with Gasteiger partial charge in [0, 0.05) is 28.1 Å². The monoisotopic (exact) mass is 590 g/mol. The van der Waals surface area contributed by atoms with E-state index in [0.29, 0.717) is 33.8 Å². The Morgan fingerprint density at radius 1 is 1.13 bits per heavy atom. The summed E-state index contributed by atoms with van der Waals surface area (Å²) in [5, 5.41) is 16.1. The van der Waals surface area contributed by atoms with Crippen molar-refractivity contribution >= 4 is 38.7 Å². The van der Waals surface area contributed by atoms with E-state index >= 15 is 0 Å². The summed E-state index contributed by atoms with van der Waals surface area (Å²) in [6, 6.07) is 17.1. The Balaban J connectivity index is 1.52. The van der Waals surface area contributed by atoms with Crippen molar-refractivity contribution in [1.29, 1.82) is 0 Å². The lowest BCUT2D eigenvalue weighted by molar-refractivity contribution is -0.384. The van der Waals surface area contributed by atoms with E-state index in [1.54, 1.807) is 37.6 Å². The number of hydrogen-bond donors (Lipinski definition) is 0. The topological polar surface area (TPSA) is 109 Å². The van der Waals surface area contributed by atoms with Gasteiger partial charge in [-0.05, 0) is 60.9 Å². The predicted molar refractivity (Wildman–Crippen MR) is 153 cm³/mol. The summed E-state index contributed by atoms with van der Waals surface area (Å²) < 4.78 is 13.8. The summed E-state index contributed by atoms with van der Waals surface area (Å²) in [6.45, 7) is 0.165. The third-order valence-corrected chi connectivity index (χ3v) is 7.37. The highest BCUT2D eigenvalue weighted by atomic mass is 79.9. The molecule has 0 saturated heterocycles. The van der Waals surface area contributed by atoms with Crippen LogP contribution in [0.2, 0.25) is 0 Å². The molecule has 1 aliphatic carbocycles. The predicted octanol–water partition coefficient (Wildman–Crippen LogP) is 6.58. The van der Waals surface area contributed by atoms with Crippen molar-refractivity contribution in [2.45, 2.75) is 44.6 Å². The molecule has 0 unspecified atom stereocenters. The molecule has 0 bridgehead atoms. The largest absolute Gasteiger partial charge is 0.493 e. The lowest BCUT2D eigenvalue weighted by atomic mass is 9.88. The van der Waals surface area contributed by atoms with Gasteiger partial charge in [-0.1, -0.05) is 41.3 Å². The Morgan fingerprint density at radius 2 is 1.90 bits per heavy atom. The second kappa shape index (κ2) is 11.8. The first-order valence-electron chi connectivity index (χ1n) is 12.7. The standard InChI is InChI=1S/C29H27BrN4O5/c1-38-26-9-5-8-21(27(26)39-18-19-10-13-23(14-11-19)34(36)37)17-31-33-28(20-6-3-2-4-7-20)32-25-15-12-22(30)16-24(25)29(33)35/h5,8-17,20H,2-4,6-7,18H2,1H3. The van der Waals surface area contributed by atoms with E-state index in [0.717, 1.165) is 35.7 Å². The molecule has 0 N–H and O–H groups in total. The molecular formula is C29H27BrN4O5. The number of non-ortho nitro benzene ring substituents is 1. The first-order valence-corrected chi connectivity index (χ1v) is 13.5. The fourth-order valence-electron chi connectivity index (χ4n) is 4.84. The second-order valence-electron chi connectivity index (χ2n) is 9.42. The maximum Gasteiger partial charge on any atom is 0.282 e. The van der Waals surface area contributed by atoms with Crippen molar-refractivity contribution in [1.82, 2.24) is 9.66 Å². The minimum absolute atomic E-state index is 0.0131. The normalized spacial score (nSPS) is 14.1. The van der Waals surface area contributed by atoms with Gasteiger partial charge in [0.05, 0.1) is 29.2 Å². The smallest absolute Gasteiger partial charge is 0.282 e. The van der Waals surface area contributed by atoms with Gasteiger partial charge >= 0.3 is 0 Å². The maximum atomic E-state index is 13.6. The fourth-order valence-corrected chi connectivity index (χ4v) is 5.20. The number of methoxy groups -OCH3 is 1. The van der Waals surface area contributed by atoms with Crippen LogP contribution in [0.5, 0.6) is 11.5 Å². The van der Waals surface area contributed by atoms with Gasteiger partial charge in [0.25, 0.3) is 11.2 Å². The van der Waals surface area contributed by atoms with E-state index in [1.165, 1.54) is 23.2 Å². The zero-order chi connectivity index (χ0) is 27.4. The first kappa shape index (κ1) is 26.6. The molecular weight excluding hydrogens is 564 g/mol. The summed E-state index contributed by atoms with van der Waals surface area (Å²) >= 11 is 3.46. The number of ether oxygens (including phenoxy) is 2. The van der Waals surface area contributed by atoms with Crippen molar-refractivity contribution in [3.05, 3.63) is 103 Å². The van der Waals surface area contributed by atoms with Gasteiger partial charge in [-0.2, -0.15) is 9.78 Å². The number of aromatic nitrogens is 2. The molecule has 1 saturated carbocycles. The molecule has 1 aliphatic rings. The Labute approximate surface area is 233 Å². The van der Waals surface area contributed by atoms with Gasteiger partial charge in [0.15, 0.2) is 11.5 Å². The molecule has 0 radical (unpaired) electrons. The van der Waals surface area contributed by atoms with Crippen LogP contribution in [0.3, 0.4) is 0 Å². The molecule has 5 rings (SSSR count). The highest BCUT2D eigenvalue weighted by molar-refractivity contribution is 9.10. The number of nitrogens with zero attached hydrogens (tertiary/aromatic N) is 4. The zero-order valence-electron chi connectivity index (χ0n) is 21.4. The average molecular weight is 591 g/mol. The molecule has 1 heterocycles. The SMILES string of the molecule is COc1cccc(C=Nn2c(C3CCCCC3)nc3ccc(Br)cc3c2=O)c1OCc1ccc([N+](=O)[O-])cc1. The Kier molecular flexibility index (Phi) is 8.02. The van der Waals surface area contributed by atoms with Crippen molar-refractivity contribution in [2.75, 3.05) is 7.11 Å². The van der Waals surface area contributed by atoms with Gasteiger partial charge in [0.1, 0.15) is 12.4 Å². The molecule has 1 aromatic heterocycles. The highest BCUT2D eigenvalue weighted by Crippen LogP contribution is 2.33. The van der Waals surface area contributed by atoms with Crippen LogP contribution in [0.4, 0.5) is 5.69 Å². The third kappa shape index (κ3) is 5.85. The van der Waals surface area contributed by atoms with Crippen LogP contribution in [0.15, 0.2) is 75.0 Å². The fraction of sp³-hybridized carbons (Fsp3) is 0.276. The van der Waals surface area contributed by atoms with E-state index in [9.17, 15) is 14.9 Å². The summed E-state index contributed by atoms with van der Waals surface area (Å²) in [4.78, 5) is 29.1. The van der Waals surface area contributed by atoms with Gasteiger partial charge < -0.3 is 9.47 Å². The molecule has 1 fully saturated rings. The Morgan fingerprint density at radius 3 is 2.62 bits per heavy atom. The molecule has 4 aromatic rings. The van der Waals surface area contributed by atoms with Gasteiger partial charge in [0.2, 0.25) is 0 Å². The van der Waals surface area contributed by atoms with Crippen molar-refractivity contribution in [2.24, 2.45) is 5.10 Å². The van der Waals surface area contributed by atoms with Crippen LogP contribution >= 0.6 is 15.9 Å². The lowest BCUT2D eigenvalue weighted by Gasteiger charge is -2.22. The van der Waals surface area contributed by atoms with E-state index < -0.39 is 4.92 Å². The molecule has 9 nitrogen and oxygen atoms in total. The molecule has 0 spiro atoms. The number of benzene rings is 3. The lowest BCUT2D eigenvalue weighted by Crippen LogP contribution is -2.25. The molecule has 0 amide bonds. The minimum atomic E-state index is -0.441. The second-order valence-corrected chi connectivity index (χ2v) is 10.3. The number of fused-ring (bicyclic) bond motifs is 1. The number of para-hydroxylation sites is 1. The van der Waals surface area contributed by atoms with E-state index in [4.69, 9.17) is 14.5 Å². The molecule has 10 heteroatoms. The van der Waals surface area contributed by atoms with E-state index in [2.05, 4.69) is 21.0 Å². The van der Waals surface area contributed by atoms with Crippen molar-refractivity contribution in [3.63, 3.8) is 0 Å². The zero-order valence-corrected chi connectivity index (χ0v) is 23.0. The molecule has 200 valence electrons. The number of hydrogen-bond acceptors (Lipinski definition) is 7. The molecule has 3 aromatic carbocycles. The number of nitro groups is 1. The Bertz CT molecular complexity index is 1590. The van der Waals surface area contributed by atoms with Crippen LogP contribution in [0.25, 0.3) is 10.9 Å². The summed E-state index contributed by atoms with van der Waals surface area (Å²) in [7, 11) is 1.55. The number of rotatable bonds is 8. The first-order chi connectivity index (χ1) is 18.9. The summed E-state index contributed by atoms with van der Waals surface area (Å²) in [6.07, 6.45) is 6.90. The van der Waals surface area contributed by atoms with Crippen LogP contribution in [0.1, 0.15) is 55.0 Å². The molecule has 39 heavy (non-hydrogen) atoms. The maximum absolute atomic E-state index is 13.6. The number of halogens is 1. The third-order valence-electron chi connectivity index (χ3n) is 6.88. The van der Waals surface area contributed by atoms with E-state index in [-0.39, 0.29) is 23.8 Å². The van der Waals surface area contributed by atoms with Crippen molar-refractivity contribution in [3.8, 4) is 11.5 Å². The van der Waals surface area contributed by atoms with Gasteiger partial charge in [-0.3, -0.25) is 14.9 Å². The van der Waals surface area contributed by atoms with E-state index in [1.807, 2.05) is 24.3 Å².